The van der Waals surface area contributed by atoms with E-state index in [1.54, 1.807) is 0 Å². The molecule has 1 aromatic carbocycles. The zero-order chi connectivity index (χ0) is 11.9. The van der Waals surface area contributed by atoms with Gasteiger partial charge in [-0.25, -0.2) is 4.39 Å². The van der Waals surface area contributed by atoms with Gasteiger partial charge < -0.3 is 0 Å². The Morgan fingerprint density at radius 3 is 2.56 bits per heavy atom. The van der Waals surface area contributed by atoms with Crippen molar-refractivity contribution >= 4 is 0 Å². The summed E-state index contributed by atoms with van der Waals surface area (Å²) in [6, 6.07) is 2.27. The third-order valence-corrected chi connectivity index (χ3v) is 3.10. The van der Waals surface area contributed by atoms with Gasteiger partial charge >= 0.3 is 6.18 Å². The van der Waals surface area contributed by atoms with E-state index in [1.807, 2.05) is 6.92 Å². The predicted octanol–water partition coefficient (Wildman–Crippen LogP) is 3.97. The Labute approximate surface area is 91.3 Å². The smallest absolute Gasteiger partial charge is 0.206 e. The molecule has 2 rings (SSSR count). The highest BCUT2D eigenvalue weighted by Gasteiger charge is 2.36. The quantitative estimate of drug-likeness (QED) is 0.594. The zero-order valence-corrected chi connectivity index (χ0v) is 8.87. The van der Waals surface area contributed by atoms with Gasteiger partial charge in [-0.1, -0.05) is 13.0 Å². The van der Waals surface area contributed by atoms with Crippen LogP contribution in [0, 0.1) is 11.7 Å². The van der Waals surface area contributed by atoms with E-state index in [0.717, 1.165) is 18.1 Å². The van der Waals surface area contributed by atoms with Crippen molar-refractivity contribution in [3.05, 3.63) is 34.6 Å². The average Bonchev–Trinajstić information content (AvgIpc) is 2.15. The van der Waals surface area contributed by atoms with E-state index in [1.165, 1.54) is 6.07 Å². The Morgan fingerprint density at radius 1 is 1.25 bits per heavy atom. The lowest BCUT2D eigenvalue weighted by atomic mass is 9.84. The molecule has 0 saturated heterocycles. The van der Waals surface area contributed by atoms with Crippen molar-refractivity contribution in [1.29, 1.82) is 0 Å². The van der Waals surface area contributed by atoms with Crippen LogP contribution in [0.5, 0.6) is 0 Å². The molecule has 88 valence electrons. The molecule has 1 aliphatic rings. The molecule has 0 N–H and O–H groups in total. The van der Waals surface area contributed by atoms with Crippen molar-refractivity contribution in [3.63, 3.8) is 0 Å². The summed E-state index contributed by atoms with van der Waals surface area (Å²) in [5.74, 6) is -0.652. The van der Waals surface area contributed by atoms with E-state index in [9.17, 15) is 17.6 Å². The monoisotopic (exact) mass is 232 g/mol. The molecule has 1 aromatic rings. The average molecular weight is 232 g/mol. The molecular weight excluding hydrogens is 220 g/mol. The number of hydrogen-bond donors (Lipinski definition) is 0. The largest absolute Gasteiger partial charge is 0.419 e. The van der Waals surface area contributed by atoms with Crippen LogP contribution in [0.2, 0.25) is 0 Å². The molecule has 0 heterocycles. The maximum atomic E-state index is 13.7. The van der Waals surface area contributed by atoms with Gasteiger partial charge in [0.1, 0.15) is 5.82 Å². The summed E-state index contributed by atoms with van der Waals surface area (Å²) in [6.45, 7) is 2.03. The molecule has 0 spiro atoms. The molecule has 0 nitrogen and oxygen atoms in total. The number of alkyl halides is 3. The Balaban J connectivity index is 2.48. The summed E-state index contributed by atoms with van der Waals surface area (Å²) < 4.78 is 51.0. The molecule has 0 radical (unpaired) electrons. The molecule has 0 aromatic heterocycles. The van der Waals surface area contributed by atoms with Crippen molar-refractivity contribution in [1.82, 2.24) is 0 Å². The predicted molar refractivity (Wildman–Crippen MR) is 52.6 cm³/mol. The Bertz CT molecular complexity index is 406. The molecule has 16 heavy (non-hydrogen) atoms. The lowest BCUT2D eigenvalue weighted by Crippen LogP contribution is -2.17. The number of rotatable bonds is 0. The van der Waals surface area contributed by atoms with Gasteiger partial charge in [0.05, 0.1) is 5.56 Å². The van der Waals surface area contributed by atoms with E-state index in [4.69, 9.17) is 0 Å². The van der Waals surface area contributed by atoms with Gasteiger partial charge in [-0.05, 0) is 42.4 Å². The van der Waals surface area contributed by atoms with E-state index >= 15 is 0 Å². The highest BCUT2D eigenvalue weighted by Crippen LogP contribution is 2.36. The van der Waals surface area contributed by atoms with Crippen LogP contribution in [-0.2, 0) is 19.0 Å². The normalized spacial score (nSPS) is 20.7. The molecule has 0 amide bonds. The summed E-state index contributed by atoms with van der Waals surface area (Å²) in [5, 5.41) is 0. The molecule has 0 saturated carbocycles. The van der Waals surface area contributed by atoms with Crippen molar-refractivity contribution in [2.45, 2.75) is 32.4 Å². The summed E-state index contributed by atoms with van der Waals surface area (Å²) in [7, 11) is 0. The van der Waals surface area contributed by atoms with Crippen LogP contribution in [0.3, 0.4) is 0 Å². The first kappa shape index (κ1) is 11.4. The highest BCUT2D eigenvalue weighted by molar-refractivity contribution is 5.37. The first-order valence-corrected chi connectivity index (χ1v) is 5.27. The minimum absolute atomic E-state index is 0.257. The molecule has 1 unspecified atom stereocenters. The minimum Gasteiger partial charge on any atom is -0.206 e. The fourth-order valence-electron chi connectivity index (χ4n) is 2.21. The van der Waals surface area contributed by atoms with Crippen molar-refractivity contribution in [3.8, 4) is 0 Å². The summed E-state index contributed by atoms with van der Waals surface area (Å²) in [4.78, 5) is 0. The van der Waals surface area contributed by atoms with Gasteiger partial charge in [0.25, 0.3) is 0 Å². The fraction of sp³-hybridized carbons (Fsp3) is 0.500. The van der Waals surface area contributed by atoms with E-state index in [-0.39, 0.29) is 5.56 Å². The summed E-state index contributed by atoms with van der Waals surface area (Å²) in [5.41, 5.74) is -0.155. The van der Waals surface area contributed by atoms with Gasteiger partial charge in [0.15, 0.2) is 0 Å². The van der Waals surface area contributed by atoms with Gasteiger partial charge in [-0.2, -0.15) is 13.2 Å². The van der Waals surface area contributed by atoms with Gasteiger partial charge in [-0.3, -0.25) is 0 Å². The van der Waals surface area contributed by atoms with Crippen LogP contribution in [0.25, 0.3) is 0 Å². The number of fused-ring (bicyclic) bond motifs is 1. The van der Waals surface area contributed by atoms with Crippen LogP contribution in [0.1, 0.15) is 30.0 Å². The van der Waals surface area contributed by atoms with Crippen LogP contribution >= 0.6 is 0 Å². The van der Waals surface area contributed by atoms with Crippen LogP contribution < -0.4 is 0 Å². The second-order valence-corrected chi connectivity index (χ2v) is 4.41. The third kappa shape index (κ3) is 1.93. The number of benzene rings is 1. The Hall–Kier alpha value is -1.06. The minimum atomic E-state index is -4.60. The summed E-state index contributed by atoms with van der Waals surface area (Å²) >= 11 is 0. The van der Waals surface area contributed by atoms with Gasteiger partial charge in [0.2, 0.25) is 0 Å². The second kappa shape index (κ2) is 3.75. The molecule has 0 bridgehead atoms. The standard InChI is InChI=1S/C12H12F4/c1-7-2-4-9-8(6-7)3-5-10(11(9)13)12(14,15)16/h3,5,7H,2,4,6H2,1H3. The third-order valence-electron chi connectivity index (χ3n) is 3.10. The zero-order valence-electron chi connectivity index (χ0n) is 8.87. The van der Waals surface area contributed by atoms with Crippen molar-refractivity contribution < 1.29 is 17.6 Å². The molecular formula is C12H12F4. The Morgan fingerprint density at radius 2 is 1.94 bits per heavy atom. The van der Waals surface area contributed by atoms with E-state index in [0.29, 0.717) is 18.8 Å². The fourth-order valence-corrected chi connectivity index (χ4v) is 2.21. The van der Waals surface area contributed by atoms with Crippen molar-refractivity contribution in [2.75, 3.05) is 0 Å². The number of halogens is 4. The first-order chi connectivity index (χ1) is 7.39. The molecule has 0 aliphatic heterocycles. The van der Waals surface area contributed by atoms with Crippen LogP contribution in [0.4, 0.5) is 17.6 Å². The van der Waals surface area contributed by atoms with Crippen LogP contribution in [0.15, 0.2) is 12.1 Å². The van der Waals surface area contributed by atoms with E-state index in [2.05, 4.69) is 0 Å². The lowest BCUT2D eigenvalue weighted by Gasteiger charge is -2.23. The van der Waals surface area contributed by atoms with Crippen molar-refractivity contribution in [2.24, 2.45) is 5.92 Å². The molecule has 1 aliphatic carbocycles. The topological polar surface area (TPSA) is 0 Å². The Kier molecular flexibility index (Phi) is 2.68. The molecule has 0 fully saturated rings. The SMILES string of the molecule is CC1CCc2c(ccc(C(F)(F)F)c2F)C1. The maximum absolute atomic E-state index is 13.7. The molecule has 4 heteroatoms. The summed E-state index contributed by atoms with van der Waals surface area (Å²) in [6.07, 6.45) is -2.76. The van der Waals surface area contributed by atoms with E-state index < -0.39 is 17.6 Å². The molecule has 1 atom stereocenters. The highest BCUT2D eigenvalue weighted by atomic mass is 19.4. The van der Waals surface area contributed by atoms with Crippen LogP contribution in [-0.4, -0.2) is 0 Å². The van der Waals surface area contributed by atoms with Gasteiger partial charge in [-0.15, -0.1) is 0 Å². The maximum Gasteiger partial charge on any atom is 0.419 e. The number of hydrogen-bond acceptors (Lipinski definition) is 0. The van der Waals surface area contributed by atoms with Gasteiger partial charge in [0, 0.05) is 0 Å². The lowest BCUT2D eigenvalue weighted by molar-refractivity contribution is -0.140. The second-order valence-electron chi connectivity index (χ2n) is 4.41. The first-order valence-electron chi connectivity index (χ1n) is 5.27.